The van der Waals surface area contributed by atoms with E-state index < -0.39 is 44.5 Å². The molecule has 0 amide bonds. The van der Waals surface area contributed by atoms with Crippen molar-refractivity contribution in [2.75, 3.05) is 6.26 Å². The molecule has 1 N–H and O–H groups in total. The first kappa shape index (κ1) is 23.0. The Kier molecular flexibility index (Phi) is 4.98. The van der Waals surface area contributed by atoms with Crippen LogP contribution in [0.4, 0.5) is 0 Å². The Hall–Kier alpha value is -1.74. The third kappa shape index (κ3) is 3.25. The molecule has 5 aliphatic rings. The number of fused-ring (bicyclic) bond motifs is 6. The first-order chi connectivity index (χ1) is 15.3. The van der Waals surface area contributed by atoms with Gasteiger partial charge in [0.2, 0.25) is 0 Å². The topological polar surface area (TPSA) is 124 Å². The average Bonchev–Trinajstić information content (AvgIpc) is 3.20. The molecule has 182 valence electrons. The minimum atomic E-state index is -3.83. The number of ether oxygens (including phenoxy) is 1. The van der Waals surface area contributed by atoms with Crippen LogP contribution in [0.25, 0.3) is 0 Å². The van der Waals surface area contributed by atoms with E-state index in [0.29, 0.717) is 38.5 Å². The summed E-state index contributed by atoms with van der Waals surface area (Å²) in [5.41, 5.74) is -0.992. The summed E-state index contributed by atoms with van der Waals surface area (Å²) < 4.78 is 36.4. The number of esters is 1. The maximum atomic E-state index is 12.6. The van der Waals surface area contributed by atoms with Crippen LogP contribution < -0.4 is 0 Å². The summed E-state index contributed by atoms with van der Waals surface area (Å²) >= 11 is 0. The van der Waals surface area contributed by atoms with Crippen LogP contribution >= 0.6 is 0 Å². The maximum absolute atomic E-state index is 12.6. The lowest BCUT2D eigenvalue weighted by atomic mass is 9.43. The van der Waals surface area contributed by atoms with Crippen molar-refractivity contribution < 1.29 is 36.8 Å². The minimum absolute atomic E-state index is 0.0102. The third-order valence-corrected chi connectivity index (χ3v) is 10.5. The molecular weight excluding hydrogens is 448 g/mol. The highest BCUT2D eigenvalue weighted by Gasteiger charge is 2.71. The van der Waals surface area contributed by atoms with Crippen LogP contribution in [0, 0.1) is 34.5 Å². The highest BCUT2D eigenvalue weighted by molar-refractivity contribution is 7.86. The Morgan fingerprint density at radius 3 is 2.52 bits per heavy atom. The van der Waals surface area contributed by atoms with Gasteiger partial charge in [-0.25, -0.2) is 0 Å². The molecule has 1 saturated heterocycles. The molecule has 1 heterocycles. The van der Waals surface area contributed by atoms with Crippen molar-refractivity contribution in [3.8, 4) is 0 Å². The van der Waals surface area contributed by atoms with Gasteiger partial charge in [-0.1, -0.05) is 19.4 Å². The second kappa shape index (κ2) is 7.13. The number of carboxylic acids is 1. The summed E-state index contributed by atoms with van der Waals surface area (Å²) in [4.78, 5) is 37.0. The van der Waals surface area contributed by atoms with E-state index in [1.807, 2.05) is 13.8 Å². The van der Waals surface area contributed by atoms with Gasteiger partial charge in [0.1, 0.15) is 5.60 Å². The molecule has 9 heteroatoms. The Morgan fingerprint density at radius 2 is 1.91 bits per heavy atom. The van der Waals surface area contributed by atoms with Crippen molar-refractivity contribution in [1.29, 1.82) is 0 Å². The van der Waals surface area contributed by atoms with Crippen LogP contribution in [-0.4, -0.2) is 49.2 Å². The summed E-state index contributed by atoms with van der Waals surface area (Å²) in [6.07, 6.45) is 5.71. The van der Waals surface area contributed by atoms with Gasteiger partial charge in [0.25, 0.3) is 10.1 Å². The monoisotopic (exact) mass is 480 g/mol. The molecule has 5 rings (SSSR count). The average molecular weight is 481 g/mol. The van der Waals surface area contributed by atoms with E-state index in [1.165, 1.54) is 0 Å². The summed E-state index contributed by atoms with van der Waals surface area (Å²) in [6.45, 7) is 4.08. The lowest BCUT2D eigenvalue weighted by molar-refractivity contribution is -0.192. The normalized spacial score (nSPS) is 46.9. The number of aliphatic carboxylic acids is 1. The number of carbonyl (C=O) groups is 3. The summed E-state index contributed by atoms with van der Waals surface area (Å²) in [7, 11) is -3.83. The van der Waals surface area contributed by atoms with E-state index in [1.54, 1.807) is 6.08 Å². The van der Waals surface area contributed by atoms with Gasteiger partial charge >= 0.3 is 11.9 Å². The van der Waals surface area contributed by atoms with Crippen LogP contribution in [0.5, 0.6) is 0 Å². The second-order valence-electron chi connectivity index (χ2n) is 11.4. The third-order valence-electron chi connectivity index (χ3n) is 9.88. The van der Waals surface area contributed by atoms with Crippen LogP contribution in [0.2, 0.25) is 0 Å². The molecule has 0 radical (unpaired) electrons. The van der Waals surface area contributed by atoms with Crippen molar-refractivity contribution in [1.82, 2.24) is 0 Å². The van der Waals surface area contributed by atoms with Gasteiger partial charge in [-0.2, -0.15) is 8.42 Å². The zero-order valence-corrected chi connectivity index (χ0v) is 20.2. The summed E-state index contributed by atoms with van der Waals surface area (Å²) in [6, 6.07) is 0. The molecule has 0 aromatic rings. The standard InChI is InChI=1S/C24H32O8S/c1-22-7-4-14(25)10-13(22)11-15(21(27)28)19-16-5-8-24(9-6-18(26)31-24)23(16,2)12-17(20(19)22)32-33(3,29)30/h10,15-17,19-20H,4-9,11-12H2,1-3H3,(H,27,28)/t15-,16?,17-,19?,20?,22+,23+,24-/m1/s1. The van der Waals surface area contributed by atoms with E-state index >= 15 is 0 Å². The quantitative estimate of drug-likeness (QED) is 0.483. The molecule has 0 aromatic carbocycles. The molecule has 3 unspecified atom stereocenters. The summed E-state index contributed by atoms with van der Waals surface area (Å²) in [5, 5.41) is 10.3. The van der Waals surface area contributed by atoms with Gasteiger partial charge < -0.3 is 9.84 Å². The molecule has 8 nitrogen and oxygen atoms in total. The summed E-state index contributed by atoms with van der Waals surface area (Å²) in [5.74, 6) is -2.66. The molecule has 4 aliphatic carbocycles. The zero-order valence-electron chi connectivity index (χ0n) is 19.3. The van der Waals surface area contributed by atoms with Gasteiger partial charge in [-0.05, 0) is 67.8 Å². The Bertz CT molecular complexity index is 1060. The van der Waals surface area contributed by atoms with Crippen LogP contribution in [0.15, 0.2) is 11.6 Å². The number of hydrogen-bond acceptors (Lipinski definition) is 7. The molecular formula is C24H32O8S. The SMILES string of the molecule is C[C@]12CCC(=O)C=C1C[C@@H](C(=O)O)C1C2[C@H](OS(C)(=O)=O)C[C@@]2(C)C1CC[C@@]21CCC(=O)O1. The molecule has 4 fully saturated rings. The Labute approximate surface area is 194 Å². The Balaban J connectivity index is 1.68. The molecule has 1 spiro atoms. The number of ketones is 1. The molecule has 3 saturated carbocycles. The lowest BCUT2D eigenvalue weighted by Crippen LogP contribution is -2.63. The van der Waals surface area contributed by atoms with E-state index in [4.69, 9.17) is 8.92 Å². The molecule has 8 atom stereocenters. The predicted octanol–water partition coefficient (Wildman–Crippen LogP) is 2.86. The van der Waals surface area contributed by atoms with Crippen molar-refractivity contribution in [3.63, 3.8) is 0 Å². The van der Waals surface area contributed by atoms with Crippen LogP contribution in [-0.2, 0) is 33.4 Å². The van der Waals surface area contributed by atoms with E-state index in [-0.39, 0.29) is 35.9 Å². The number of hydrogen-bond donors (Lipinski definition) is 1. The highest BCUT2D eigenvalue weighted by Crippen LogP contribution is 2.71. The fraction of sp³-hybridized carbons (Fsp3) is 0.792. The lowest BCUT2D eigenvalue weighted by Gasteiger charge is -2.62. The highest BCUT2D eigenvalue weighted by atomic mass is 32.2. The number of carbonyl (C=O) groups excluding carboxylic acids is 2. The van der Waals surface area contributed by atoms with E-state index in [0.717, 1.165) is 18.2 Å². The van der Waals surface area contributed by atoms with Crippen molar-refractivity contribution >= 4 is 27.8 Å². The van der Waals surface area contributed by atoms with Crippen molar-refractivity contribution in [2.45, 2.75) is 76.9 Å². The first-order valence-electron chi connectivity index (χ1n) is 11.9. The largest absolute Gasteiger partial charge is 0.481 e. The van der Waals surface area contributed by atoms with Gasteiger partial charge in [0.15, 0.2) is 5.78 Å². The predicted molar refractivity (Wildman–Crippen MR) is 116 cm³/mol. The number of allylic oxidation sites excluding steroid dienone is 1. The zero-order chi connectivity index (χ0) is 24.0. The fourth-order valence-electron chi connectivity index (χ4n) is 8.49. The second-order valence-corrected chi connectivity index (χ2v) is 13.0. The van der Waals surface area contributed by atoms with Gasteiger partial charge in [0, 0.05) is 18.3 Å². The van der Waals surface area contributed by atoms with Crippen LogP contribution in [0.3, 0.4) is 0 Å². The molecule has 1 aliphatic heterocycles. The van der Waals surface area contributed by atoms with Gasteiger partial charge in [-0.15, -0.1) is 0 Å². The molecule has 0 bridgehead atoms. The smallest absolute Gasteiger partial charge is 0.307 e. The van der Waals surface area contributed by atoms with E-state index in [2.05, 4.69) is 0 Å². The van der Waals surface area contributed by atoms with E-state index in [9.17, 15) is 27.9 Å². The van der Waals surface area contributed by atoms with Crippen molar-refractivity contribution in [3.05, 3.63) is 11.6 Å². The fourth-order valence-corrected chi connectivity index (χ4v) is 9.12. The number of carboxylic acid groups (broad SMARTS) is 1. The van der Waals surface area contributed by atoms with Gasteiger partial charge in [0.05, 0.1) is 18.3 Å². The minimum Gasteiger partial charge on any atom is -0.481 e. The van der Waals surface area contributed by atoms with Gasteiger partial charge in [-0.3, -0.25) is 18.6 Å². The first-order valence-corrected chi connectivity index (χ1v) is 13.7. The molecule has 33 heavy (non-hydrogen) atoms. The maximum Gasteiger partial charge on any atom is 0.307 e. The van der Waals surface area contributed by atoms with Crippen LogP contribution in [0.1, 0.15) is 65.2 Å². The Morgan fingerprint density at radius 1 is 1.18 bits per heavy atom. The van der Waals surface area contributed by atoms with Crippen molar-refractivity contribution in [2.24, 2.45) is 34.5 Å². The number of rotatable bonds is 3. The molecule has 0 aromatic heterocycles.